The van der Waals surface area contributed by atoms with Crippen LogP contribution in [0.5, 0.6) is 5.75 Å². The molecule has 0 aliphatic carbocycles. The summed E-state index contributed by atoms with van der Waals surface area (Å²) in [7, 11) is 1.65. The Morgan fingerprint density at radius 2 is 1.71 bits per heavy atom. The monoisotopic (exact) mass is 284 g/mol. The summed E-state index contributed by atoms with van der Waals surface area (Å²) in [6.45, 7) is 2.54. The van der Waals surface area contributed by atoms with Crippen molar-refractivity contribution in [3.8, 4) is 5.75 Å². The Balaban J connectivity index is 1.99. The van der Waals surface area contributed by atoms with Crippen LogP contribution in [0.4, 0.5) is 0 Å². The Kier molecular flexibility index (Phi) is 5.32. The minimum Gasteiger partial charge on any atom is -0.497 e. The molecule has 110 valence electrons. The number of methoxy groups -OCH3 is 1. The number of hydrogen-bond donors (Lipinski definition) is 0. The molecule has 0 radical (unpaired) electrons. The van der Waals surface area contributed by atoms with Crippen LogP contribution in [0.25, 0.3) is 0 Å². The highest BCUT2D eigenvalue weighted by Crippen LogP contribution is 2.16. The third-order valence-corrected chi connectivity index (χ3v) is 3.49. The maximum absolute atomic E-state index is 11.1. The fourth-order valence-electron chi connectivity index (χ4n) is 2.24. The first-order chi connectivity index (χ1) is 10.2. The number of ether oxygens (including phenoxy) is 1. The minimum atomic E-state index is 0.0381. The predicted octanol–water partition coefficient (Wildman–Crippen LogP) is 3.81. The number of nitrogens with zero attached hydrogens (tertiary/aromatic N) is 2. The van der Waals surface area contributed by atoms with Gasteiger partial charge in [-0.15, -0.1) is 4.91 Å². The molecule has 0 saturated heterocycles. The lowest BCUT2D eigenvalue weighted by Crippen LogP contribution is -2.29. The smallest absolute Gasteiger partial charge is 0.118 e. The molecule has 0 saturated carbocycles. The molecule has 0 spiro atoms. The summed E-state index contributed by atoms with van der Waals surface area (Å²) < 4.78 is 5.14. The van der Waals surface area contributed by atoms with Crippen molar-refractivity contribution in [3.63, 3.8) is 0 Å². The highest BCUT2D eigenvalue weighted by molar-refractivity contribution is 5.27. The van der Waals surface area contributed by atoms with E-state index in [1.165, 1.54) is 0 Å². The van der Waals surface area contributed by atoms with Crippen LogP contribution in [0, 0.1) is 4.91 Å². The van der Waals surface area contributed by atoms with Gasteiger partial charge in [-0.25, -0.2) is 0 Å². The van der Waals surface area contributed by atoms with E-state index in [0.29, 0.717) is 6.54 Å². The van der Waals surface area contributed by atoms with E-state index in [2.05, 4.69) is 5.29 Å². The molecule has 1 atom stereocenters. The first kappa shape index (κ1) is 15.0. The van der Waals surface area contributed by atoms with Crippen molar-refractivity contribution in [2.24, 2.45) is 5.29 Å². The van der Waals surface area contributed by atoms with Gasteiger partial charge in [0.05, 0.1) is 25.0 Å². The molecule has 0 aliphatic heterocycles. The van der Waals surface area contributed by atoms with Gasteiger partial charge in [-0.2, -0.15) is 0 Å². The lowest BCUT2D eigenvalue weighted by Gasteiger charge is -2.23. The molecule has 0 amide bonds. The van der Waals surface area contributed by atoms with Crippen LogP contribution in [-0.4, -0.2) is 18.2 Å². The molecule has 2 rings (SSSR count). The number of benzene rings is 2. The summed E-state index contributed by atoms with van der Waals surface area (Å²) in [6, 6.07) is 17.8. The second-order valence-electron chi connectivity index (χ2n) is 5.07. The third kappa shape index (κ3) is 4.31. The van der Waals surface area contributed by atoms with E-state index in [9.17, 15) is 4.91 Å². The molecule has 2 aromatic carbocycles. The van der Waals surface area contributed by atoms with E-state index >= 15 is 0 Å². The van der Waals surface area contributed by atoms with E-state index in [0.717, 1.165) is 23.3 Å². The molecule has 0 N–H and O–H groups in total. The Morgan fingerprint density at radius 3 is 2.29 bits per heavy atom. The van der Waals surface area contributed by atoms with Crippen LogP contribution < -0.4 is 4.74 Å². The van der Waals surface area contributed by atoms with Gasteiger partial charge in [-0.3, -0.25) is 5.01 Å². The molecule has 4 nitrogen and oxygen atoms in total. The topological polar surface area (TPSA) is 41.9 Å². The van der Waals surface area contributed by atoms with Gasteiger partial charge in [0.1, 0.15) is 5.75 Å². The third-order valence-electron chi connectivity index (χ3n) is 3.49. The molecule has 0 bridgehead atoms. The van der Waals surface area contributed by atoms with E-state index in [-0.39, 0.29) is 6.04 Å². The van der Waals surface area contributed by atoms with Crippen LogP contribution in [0.1, 0.15) is 18.1 Å². The first-order valence-corrected chi connectivity index (χ1v) is 6.99. The predicted molar refractivity (Wildman–Crippen MR) is 83.9 cm³/mol. The summed E-state index contributed by atoms with van der Waals surface area (Å²) in [4.78, 5) is 11.1. The fourth-order valence-corrected chi connectivity index (χ4v) is 2.24. The van der Waals surface area contributed by atoms with Gasteiger partial charge in [0.15, 0.2) is 0 Å². The van der Waals surface area contributed by atoms with E-state index in [1.54, 1.807) is 12.1 Å². The van der Waals surface area contributed by atoms with Crippen molar-refractivity contribution in [3.05, 3.63) is 70.6 Å². The standard InChI is InChI=1S/C17H20N2O2/c1-14(12-15-8-10-17(21-2)11-9-15)19(18-20)13-16-6-4-3-5-7-16/h3-11,14H,12-13H2,1-2H3/t14-/m1/s1. The Hall–Kier alpha value is -2.36. The van der Waals surface area contributed by atoms with Crippen LogP contribution >= 0.6 is 0 Å². The maximum atomic E-state index is 11.1. The largest absolute Gasteiger partial charge is 0.497 e. The zero-order valence-corrected chi connectivity index (χ0v) is 12.4. The summed E-state index contributed by atoms with van der Waals surface area (Å²) in [5.41, 5.74) is 2.24. The summed E-state index contributed by atoms with van der Waals surface area (Å²) >= 11 is 0. The lowest BCUT2D eigenvalue weighted by atomic mass is 10.1. The van der Waals surface area contributed by atoms with E-state index in [4.69, 9.17) is 4.74 Å². The van der Waals surface area contributed by atoms with Gasteiger partial charge in [0.2, 0.25) is 0 Å². The van der Waals surface area contributed by atoms with Crippen molar-refractivity contribution in [1.29, 1.82) is 0 Å². The zero-order valence-electron chi connectivity index (χ0n) is 12.4. The molecule has 2 aromatic rings. The van der Waals surface area contributed by atoms with Crippen molar-refractivity contribution < 1.29 is 4.74 Å². The van der Waals surface area contributed by atoms with E-state index < -0.39 is 0 Å². The van der Waals surface area contributed by atoms with Crippen LogP contribution in [0.2, 0.25) is 0 Å². The molecule has 0 fully saturated rings. The zero-order chi connectivity index (χ0) is 15.1. The van der Waals surface area contributed by atoms with Crippen molar-refractivity contribution in [2.75, 3.05) is 7.11 Å². The molecule has 4 heteroatoms. The summed E-state index contributed by atoms with van der Waals surface area (Å²) in [5, 5.41) is 4.75. The van der Waals surface area contributed by atoms with Gasteiger partial charge in [0, 0.05) is 0 Å². The highest BCUT2D eigenvalue weighted by Gasteiger charge is 2.14. The fraction of sp³-hybridized carbons (Fsp3) is 0.294. The molecule has 21 heavy (non-hydrogen) atoms. The Morgan fingerprint density at radius 1 is 1.05 bits per heavy atom. The second kappa shape index (κ2) is 7.43. The molecule has 0 aliphatic rings. The Labute approximate surface area is 125 Å². The normalized spacial score (nSPS) is 11.7. The summed E-state index contributed by atoms with van der Waals surface area (Å²) in [6.07, 6.45) is 0.766. The number of hydrogen-bond acceptors (Lipinski definition) is 3. The molecular formula is C17H20N2O2. The minimum absolute atomic E-state index is 0.0381. The molecule has 0 unspecified atom stereocenters. The van der Waals surface area contributed by atoms with Gasteiger partial charge in [-0.1, -0.05) is 42.5 Å². The van der Waals surface area contributed by atoms with Gasteiger partial charge in [0.25, 0.3) is 0 Å². The average molecular weight is 284 g/mol. The SMILES string of the molecule is COc1ccc(C[C@@H](C)N(Cc2ccccc2)N=O)cc1. The van der Waals surface area contributed by atoms with Crippen molar-refractivity contribution in [1.82, 2.24) is 5.01 Å². The van der Waals surface area contributed by atoms with Crippen LogP contribution in [-0.2, 0) is 13.0 Å². The van der Waals surface area contributed by atoms with Crippen LogP contribution in [0.15, 0.2) is 59.9 Å². The molecule has 0 aromatic heterocycles. The van der Waals surface area contributed by atoms with Gasteiger partial charge in [-0.05, 0) is 36.6 Å². The second-order valence-corrected chi connectivity index (χ2v) is 5.07. The Bertz CT molecular complexity index is 555. The van der Waals surface area contributed by atoms with Crippen molar-refractivity contribution >= 4 is 0 Å². The maximum Gasteiger partial charge on any atom is 0.118 e. The summed E-state index contributed by atoms with van der Waals surface area (Å²) in [5.74, 6) is 0.834. The first-order valence-electron chi connectivity index (χ1n) is 6.99. The van der Waals surface area contributed by atoms with Crippen molar-refractivity contribution in [2.45, 2.75) is 25.9 Å². The van der Waals surface area contributed by atoms with Crippen LogP contribution in [0.3, 0.4) is 0 Å². The number of rotatable bonds is 7. The van der Waals surface area contributed by atoms with Gasteiger partial charge < -0.3 is 4.74 Å². The molecular weight excluding hydrogens is 264 g/mol. The highest BCUT2D eigenvalue weighted by atomic mass is 16.5. The van der Waals surface area contributed by atoms with Gasteiger partial charge >= 0.3 is 0 Å². The average Bonchev–Trinajstić information content (AvgIpc) is 2.54. The number of nitroso groups, excluding NO2 is 1. The lowest BCUT2D eigenvalue weighted by molar-refractivity contribution is 0.204. The quantitative estimate of drug-likeness (QED) is 0.573. The molecule has 0 heterocycles. The van der Waals surface area contributed by atoms with E-state index in [1.807, 2.05) is 61.5 Å².